The molecule has 2 aliphatic rings. The van der Waals surface area contributed by atoms with Crippen molar-refractivity contribution < 1.29 is 24.6 Å². The van der Waals surface area contributed by atoms with E-state index >= 15 is 0 Å². The number of nitrogens with one attached hydrogen (secondary N) is 1. The lowest BCUT2D eigenvalue weighted by atomic mass is 9.84. The Balaban J connectivity index is 2.22. The topological polar surface area (TPSA) is 133 Å². The van der Waals surface area contributed by atoms with Gasteiger partial charge < -0.3 is 20.8 Å². The van der Waals surface area contributed by atoms with Crippen molar-refractivity contribution in [3.05, 3.63) is 0 Å². The number of nitrogens with two attached hydrogens (primary N) is 1. The molecule has 8 heteroatoms. The van der Waals surface area contributed by atoms with E-state index in [2.05, 4.69) is 5.32 Å². The number of hydrogen-bond donors (Lipinski definition) is 4. The molecule has 2 fully saturated rings. The molecule has 2 rings (SSSR count). The van der Waals surface area contributed by atoms with Crippen LogP contribution in [-0.2, 0) is 14.4 Å². The normalized spacial score (nSPS) is 26.5. The lowest BCUT2D eigenvalue weighted by molar-refractivity contribution is -0.151. The highest BCUT2D eigenvalue weighted by Crippen LogP contribution is 2.40. The summed E-state index contributed by atoms with van der Waals surface area (Å²) in [6, 6.07) is -2.36. The Bertz CT molecular complexity index is 556. The Labute approximate surface area is 166 Å². The first-order valence-corrected chi connectivity index (χ1v) is 10.6. The first-order chi connectivity index (χ1) is 13.4. The molecule has 0 bridgehead atoms. The predicted octanol–water partition coefficient (Wildman–Crippen LogP) is 1.57. The molecule has 1 aliphatic carbocycles. The first-order valence-electron chi connectivity index (χ1n) is 10.6. The van der Waals surface area contributed by atoms with E-state index in [9.17, 15) is 24.6 Å². The molecule has 28 heavy (non-hydrogen) atoms. The van der Waals surface area contributed by atoms with Crippen LogP contribution in [-0.4, -0.2) is 63.7 Å². The number of carbonyl (C=O) groups excluding carboxylic acids is 1. The summed E-state index contributed by atoms with van der Waals surface area (Å²) in [6.07, 6.45) is 7.35. The van der Waals surface area contributed by atoms with Crippen LogP contribution in [0.15, 0.2) is 0 Å². The fourth-order valence-corrected chi connectivity index (χ4v) is 4.76. The van der Waals surface area contributed by atoms with Gasteiger partial charge >= 0.3 is 11.9 Å². The second-order valence-corrected chi connectivity index (χ2v) is 8.13. The average Bonchev–Trinajstić information content (AvgIpc) is 3.06. The summed E-state index contributed by atoms with van der Waals surface area (Å²) in [5.41, 5.74) is 5.57. The molecule has 0 radical (unpaired) electrons. The second kappa shape index (κ2) is 10.8. The van der Waals surface area contributed by atoms with Gasteiger partial charge in [0.1, 0.15) is 12.1 Å². The molecule has 160 valence electrons. The van der Waals surface area contributed by atoms with E-state index in [1.807, 2.05) is 6.92 Å². The van der Waals surface area contributed by atoms with Gasteiger partial charge in [0.15, 0.2) is 0 Å². The number of rotatable bonds is 11. The van der Waals surface area contributed by atoms with Crippen LogP contribution < -0.4 is 11.1 Å². The van der Waals surface area contributed by atoms with Gasteiger partial charge in [0, 0.05) is 6.04 Å². The lowest BCUT2D eigenvalue weighted by Crippen LogP contribution is -2.56. The van der Waals surface area contributed by atoms with Gasteiger partial charge in [0.05, 0.1) is 6.04 Å². The fourth-order valence-electron chi connectivity index (χ4n) is 4.76. The van der Waals surface area contributed by atoms with Gasteiger partial charge in [0.25, 0.3) is 0 Å². The number of nitrogens with zero attached hydrogens (tertiary/aromatic N) is 1. The number of carbonyl (C=O) groups is 3. The van der Waals surface area contributed by atoms with Crippen molar-refractivity contribution >= 4 is 17.8 Å². The Morgan fingerprint density at radius 3 is 2.43 bits per heavy atom. The Morgan fingerprint density at radius 2 is 1.82 bits per heavy atom. The van der Waals surface area contributed by atoms with Gasteiger partial charge in [-0.25, -0.2) is 4.79 Å². The number of amides is 1. The summed E-state index contributed by atoms with van der Waals surface area (Å²) in [5, 5.41) is 22.2. The summed E-state index contributed by atoms with van der Waals surface area (Å²) < 4.78 is 0. The number of unbranched alkanes of at least 4 members (excludes halogenated alkanes) is 1. The summed E-state index contributed by atoms with van der Waals surface area (Å²) in [4.78, 5) is 38.5. The zero-order valence-corrected chi connectivity index (χ0v) is 16.8. The van der Waals surface area contributed by atoms with E-state index in [1.54, 1.807) is 4.90 Å². The van der Waals surface area contributed by atoms with E-state index in [-0.39, 0.29) is 17.9 Å². The van der Waals surface area contributed by atoms with Crippen LogP contribution in [0.2, 0.25) is 0 Å². The highest BCUT2D eigenvalue weighted by molar-refractivity contribution is 5.88. The third kappa shape index (κ3) is 5.44. The fraction of sp³-hybridized carbons (Fsp3) is 0.850. The molecule has 1 amide bonds. The van der Waals surface area contributed by atoms with Crippen LogP contribution in [0, 0.1) is 5.92 Å². The first kappa shape index (κ1) is 22.6. The van der Waals surface area contributed by atoms with E-state index in [0.29, 0.717) is 38.6 Å². The molecule has 0 aromatic rings. The van der Waals surface area contributed by atoms with E-state index < -0.39 is 30.1 Å². The van der Waals surface area contributed by atoms with Crippen LogP contribution in [0.4, 0.5) is 0 Å². The second-order valence-electron chi connectivity index (χ2n) is 8.13. The number of carboxylic acids is 2. The van der Waals surface area contributed by atoms with Crippen molar-refractivity contribution in [1.29, 1.82) is 0 Å². The maximum Gasteiger partial charge on any atom is 0.326 e. The molecule has 0 aromatic carbocycles. The van der Waals surface area contributed by atoms with Gasteiger partial charge in [-0.3, -0.25) is 14.9 Å². The molecule has 5 N–H and O–H groups in total. The zero-order valence-electron chi connectivity index (χ0n) is 16.8. The van der Waals surface area contributed by atoms with E-state index in [1.165, 1.54) is 0 Å². The SMILES string of the molecule is CCC[C@H](N[C@@H](CCCCN)C(=O)N1[C@H](C(=O)O)C[C@@H]2CCCC[C@@H]21)C(=O)O. The molecular formula is C20H35N3O5. The van der Waals surface area contributed by atoms with Crippen molar-refractivity contribution in [2.45, 2.75) is 95.3 Å². The number of hydrogen-bond acceptors (Lipinski definition) is 5. The molecule has 0 aromatic heterocycles. The molecule has 0 spiro atoms. The third-order valence-corrected chi connectivity index (χ3v) is 6.15. The minimum Gasteiger partial charge on any atom is -0.480 e. The van der Waals surface area contributed by atoms with Crippen LogP contribution in [0.1, 0.15) is 71.1 Å². The number of aliphatic carboxylic acids is 2. The predicted molar refractivity (Wildman–Crippen MR) is 105 cm³/mol. The molecule has 1 saturated carbocycles. The highest BCUT2D eigenvalue weighted by Gasteiger charge is 2.49. The van der Waals surface area contributed by atoms with Gasteiger partial charge in [-0.2, -0.15) is 0 Å². The van der Waals surface area contributed by atoms with E-state index in [4.69, 9.17) is 5.73 Å². The summed E-state index contributed by atoms with van der Waals surface area (Å²) in [6.45, 7) is 2.40. The molecular weight excluding hydrogens is 362 g/mol. The van der Waals surface area contributed by atoms with Crippen LogP contribution >= 0.6 is 0 Å². The number of fused-ring (bicyclic) bond motifs is 1. The monoisotopic (exact) mass is 397 g/mol. The molecule has 5 atom stereocenters. The largest absolute Gasteiger partial charge is 0.480 e. The number of carboxylic acid groups (broad SMARTS) is 2. The maximum absolute atomic E-state index is 13.4. The minimum atomic E-state index is -0.981. The van der Waals surface area contributed by atoms with Gasteiger partial charge in [0.2, 0.25) is 5.91 Å². The van der Waals surface area contributed by atoms with Crippen LogP contribution in [0.3, 0.4) is 0 Å². The summed E-state index contributed by atoms with van der Waals surface area (Å²) in [7, 11) is 0. The van der Waals surface area contributed by atoms with Gasteiger partial charge in [-0.15, -0.1) is 0 Å². The van der Waals surface area contributed by atoms with Gasteiger partial charge in [-0.1, -0.05) is 32.6 Å². The number of likely N-dealkylation sites (tertiary alicyclic amines) is 1. The summed E-state index contributed by atoms with van der Waals surface area (Å²) >= 11 is 0. The van der Waals surface area contributed by atoms with Crippen molar-refractivity contribution in [2.75, 3.05) is 6.54 Å². The van der Waals surface area contributed by atoms with Crippen molar-refractivity contribution in [1.82, 2.24) is 10.2 Å². The third-order valence-electron chi connectivity index (χ3n) is 6.15. The molecule has 1 saturated heterocycles. The minimum absolute atomic E-state index is 0.0457. The molecule has 1 aliphatic heterocycles. The smallest absolute Gasteiger partial charge is 0.326 e. The van der Waals surface area contributed by atoms with Crippen molar-refractivity contribution in [2.24, 2.45) is 11.7 Å². The lowest BCUT2D eigenvalue weighted by Gasteiger charge is -2.36. The van der Waals surface area contributed by atoms with E-state index in [0.717, 1.165) is 32.1 Å². The molecule has 0 unspecified atom stereocenters. The average molecular weight is 398 g/mol. The zero-order chi connectivity index (χ0) is 20.7. The standard InChI is InChI=1S/C20H35N3O5/c1-2-7-15(19(25)26)22-14(9-5-6-11-21)18(24)23-16-10-4-3-8-13(16)12-17(23)20(27)28/h13-17,22H,2-12,21H2,1H3,(H,25,26)(H,27,28)/t13-,14-,15-,16-,17-/m0/s1. The van der Waals surface area contributed by atoms with Crippen LogP contribution in [0.25, 0.3) is 0 Å². The maximum atomic E-state index is 13.4. The molecule has 8 nitrogen and oxygen atoms in total. The summed E-state index contributed by atoms with van der Waals surface area (Å²) in [5.74, 6) is -1.98. The van der Waals surface area contributed by atoms with Gasteiger partial charge in [-0.05, 0) is 51.0 Å². The van der Waals surface area contributed by atoms with Crippen molar-refractivity contribution in [3.8, 4) is 0 Å². The Hall–Kier alpha value is -1.67. The quantitative estimate of drug-likeness (QED) is 0.389. The molecule has 1 heterocycles. The highest BCUT2D eigenvalue weighted by atomic mass is 16.4. The Kier molecular flexibility index (Phi) is 8.69. The van der Waals surface area contributed by atoms with Crippen LogP contribution in [0.5, 0.6) is 0 Å². The van der Waals surface area contributed by atoms with Crippen molar-refractivity contribution in [3.63, 3.8) is 0 Å². The Morgan fingerprint density at radius 1 is 1.11 bits per heavy atom.